The van der Waals surface area contributed by atoms with E-state index in [0.29, 0.717) is 5.41 Å². The van der Waals surface area contributed by atoms with Crippen molar-refractivity contribution in [2.45, 2.75) is 24.8 Å². The first-order valence-corrected chi connectivity index (χ1v) is 6.65. The molecule has 3 rings (SSSR count). The van der Waals surface area contributed by atoms with Crippen LogP contribution >= 0.6 is 0 Å². The van der Waals surface area contributed by atoms with E-state index in [1.54, 1.807) is 11.1 Å². The normalized spacial score (nSPS) is 24.8. The minimum absolute atomic E-state index is 0.427. The number of likely N-dealkylation sites (tertiary alicyclic amines) is 1. The summed E-state index contributed by atoms with van der Waals surface area (Å²) in [6.07, 6.45) is 2.62. The fourth-order valence-corrected chi connectivity index (χ4v) is 3.60. The molecule has 1 saturated heterocycles. The van der Waals surface area contributed by atoms with E-state index < -0.39 is 0 Å². The van der Waals surface area contributed by atoms with Crippen LogP contribution in [0.3, 0.4) is 0 Å². The van der Waals surface area contributed by atoms with Gasteiger partial charge in [-0.1, -0.05) is 24.3 Å². The molecular formula is C15H22N2. The molecule has 92 valence electrons. The summed E-state index contributed by atoms with van der Waals surface area (Å²) in [5.74, 6) is 0. The SMILES string of the molecule is CN1CCC2(CC1)CN(C)Cc1ccccc12. The number of hydrogen-bond donors (Lipinski definition) is 0. The van der Waals surface area contributed by atoms with Crippen LogP contribution in [0.1, 0.15) is 24.0 Å². The largest absolute Gasteiger partial charge is 0.306 e. The van der Waals surface area contributed by atoms with Crippen molar-refractivity contribution >= 4 is 0 Å². The highest BCUT2D eigenvalue weighted by Crippen LogP contribution is 2.40. The predicted octanol–water partition coefficient (Wildman–Crippen LogP) is 2.10. The monoisotopic (exact) mass is 230 g/mol. The number of hydrogen-bond acceptors (Lipinski definition) is 2. The Hall–Kier alpha value is -0.860. The van der Waals surface area contributed by atoms with E-state index in [-0.39, 0.29) is 0 Å². The fourth-order valence-electron chi connectivity index (χ4n) is 3.60. The molecule has 2 aliphatic rings. The second kappa shape index (κ2) is 4.11. The Morgan fingerprint density at radius 1 is 1.00 bits per heavy atom. The van der Waals surface area contributed by atoms with Gasteiger partial charge < -0.3 is 9.80 Å². The third-order valence-corrected chi connectivity index (χ3v) is 4.55. The minimum atomic E-state index is 0.427. The molecule has 2 heterocycles. The zero-order chi connectivity index (χ0) is 11.9. The zero-order valence-corrected chi connectivity index (χ0v) is 10.9. The number of likely N-dealkylation sites (N-methyl/N-ethyl adjacent to an activating group) is 1. The maximum Gasteiger partial charge on any atom is 0.0234 e. The van der Waals surface area contributed by atoms with Crippen LogP contribution in [-0.4, -0.2) is 43.5 Å². The lowest BCUT2D eigenvalue weighted by Crippen LogP contribution is -2.50. The molecule has 0 aromatic heterocycles. The molecule has 1 fully saturated rings. The average molecular weight is 230 g/mol. The molecule has 2 aliphatic heterocycles. The van der Waals surface area contributed by atoms with Gasteiger partial charge in [0.1, 0.15) is 0 Å². The van der Waals surface area contributed by atoms with Gasteiger partial charge in [0.05, 0.1) is 0 Å². The Bertz CT molecular complexity index is 405. The van der Waals surface area contributed by atoms with Crippen molar-refractivity contribution in [3.63, 3.8) is 0 Å². The molecule has 2 heteroatoms. The van der Waals surface area contributed by atoms with Crippen LogP contribution in [0, 0.1) is 0 Å². The van der Waals surface area contributed by atoms with Crippen molar-refractivity contribution in [2.24, 2.45) is 0 Å². The number of benzene rings is 1. The second-order valence-corrected chi connectivity index (χ2v) is 5.91. The molecule has 0 atom stereocenters. The highest BCUT2D eigenvalue weighted by Gasteiger charge is 2.40. The van der Waals surface area contributed by atoms with Crippen molar-refractivity contribution < 1.29 is 0 Å². The summed E-state index contributed by atoms with van der Waals surface area (Å²) in [4.78, 5) is 4.95. The van der Waals surface area contributed by atoms with Crippen LogP contribution in [-0.2, 0) is 12.0 Å². The smallest absolute Gasteiger partial charge is 0.0234 e. The van der Waals surface area contributed by atoms with Crippen molar-refractivity contribution in [1.29, 1.82) is 0 Å². The van der Waals surface area contributed by atoms with E-state index in [1.807, 2.05) is 0 Å². The van der Waals surface area contributed by atoms with Crippen molar-refractivity contribution in [3.8, 4) is 0 Å². The Balaban J connectivity index is 2.00. The van der Waals surface area contributed by atoms with E-state index in [4.69, 9.17) is 0 Å². The number of fused-ring (bicyclic) bond motifs is 2. The molecule has 1 aromatic rings. The zero-order valence-electron chi connectivity index (χ0n) is 10.9. The minimum Gasteiger partial charge on any atom is -0.306 e. The Morgan fingerprint density at radius 2 is 1.71 bits per heavy atom. The summed E-state index contributed by atoms with van der Waals surface area (Å²) >= 11 is 0. The van der Waals surface area contributed by atoms with Crippen LogP contribution < -0.4 is 0 Å². The van der Waals surface area contributed by atoms with E-state index in [9.17, 15) is 0 Å². The summed E-state index contributed by atoms with van der Waals surface area (Å²) < 4.78 is 0. The summed E-state index contributed by atoms with van der Waals surface area (Å²) in [5, 5.41) is 0. The van der Waals surface area contributed by atoms with Gasteiger partial charge in [0.2, 0.25) is 0 Å². The van der Waals surface area contributed by atoms with Crippen LogP contribution in [0.5, 0.6) is 0 Å². The molecule has 0 aliphatic carbocycles. The first-order chi connectivity index (χ1) is 8.20. The Morgan fingerprint density at radius 3 is 2.47 bits per heavy atom. The number of nitrogens with zero attached hydrogens (tertiary/aromatic N) is 2. The molecule has 0 N–H and O–H groups in total. The lowest BCUT2D eigenvalue weighted by Gasteiger charge is -2.47. The molecule has 0 saturated carbocycles. The topological polar surface area (TPSA) is 6.48 Å². The van der Waals surface area contributed by atoms with Crippen LogP contribution in [0.15, 0.2) is 24.3 Å². The molecular weight excluding hydrogens is 208 g/mol. The summed E-state index contributed by atoms with van der Waals surface area (Å²) in [6.45, 7) is 4.83. The molecule has 0 unspecified atom stereocenters. The van der Waals surface area contributed by atoms with E-state index in [0.717, 1.165) is 6.54 Å². The second-order valence-electron chi connectivity index (χ2n) is 5.91. The van der Waals surface area contributed by atoms with E-state index in [1.165, 1.54) is 32.5 Å². The van der Waals surface area contributed by atoms with Crippen molar-refractivity contribution in [3.05, 3.63) is 35.4 Å². The highest BCUT2D eigenvalue weighted by atomic mass is 15.1. The molecule has 0 amide bonds. The van der Waals surface area contributed by atoms with Gasteiger partial charge in [0.15, 0.2) is 0 Å². The van der Waals surface area contributed by atoms with Gasteiger partial charge in [-0.2, -0.15) is 0 Å². The summed E-state index contributed by atoms with van der Waals surface area (Å²) in [6, 6.07) is 9.07. The first kappa shape index (κ1) is 11.2. The molecule has 2 nitrogen and oxygen atoms in total. The lowest BCUT2D eigenvalue weighted by atomic mass is 9.69. The highest BCUT2D eigenvalue weighted by molar-refractivity contribution is 5.37. The fraction of sp³-hybridized carbons (Fsp3) is 0.600. The van der Waals surface area contributed by atoms with Gasteiger partial charge in [-0.3, -0.25) is 0 Å². The lowest BCUT2D eigenvalue weighted by molar-refractivity contribution is 0.125. The Labute approximate surface area is 104 Å². The van der Waals surface area contributed by atoms with Crippen LogP contribution in [0.4, 0.5) is 0 Å². The van der Waals surface area contributed by atoms with Gasteiger partial charge >= 0.3 is 0 Å². The van der Waals surface area contributed by atoms with E-state index >= 15 is 0 Å². The first-order valence-electron chi connectivity index (χ1n) is 6.65. The standard InChI is InChI=1S/C15H22N2/c1-16-9-7-15(8-10-16)12-17(2)11-13-5-3-4-6-14(13)15/h3-6H,7-12H2,1-2H3. The molecule has 17 heavy (non-hydrogen) atoms. The maximum absolute atomic E-state index is 2.49. The quantitative estimate of drug-likeness (QED) is 0.673. The number of rotatable bonds is 0. The van der Waals surface area contributed by atoms with Crippen molar-refractivity contribution in [1.82, 2.24) is 9.80 Å². The molecule has 1 spiro atoms. The van der Waals surface area contributed by atoms with Gasteiger partial charge in [-0.25, -0.2) is 0 Å². The van der Waals surface area contributed by atoms with Crippen LogP contribution in [0.25, 0.3) is 0 Å². The number of piperidine rings is 1. The predicted molar refractivity (Wildman–Crippen MR) is 71.2 cm³/mol. The Kier molecular flexibility index (Phi) is 2.72. The van der Waals surface area contributed by atoms with Crippen molar-refractivity contribution in [2.75, 3.05) is 33.7 Å². The maximum atomic E-state index is 2.49. The molecule has 1 aromatic carbocycles. The van der Waals surface area contributed by atoms with Crippen LogP contribution in [0.2, 0.25) is 0 Å². The summed E-state index contributed by atoms with van der Waals surface area (Å²) in [7, 11) is 4.50. The van der Waals surface area contributed by atoms with E-state index in [2.05, 4.69) is 48.2 Å². The third kappa shape index (κ3) is 1.90. The van der Waals surface area contributed by atoms with Gasteiger partial charge in [0, 0.05) is 18.5 Å². The van der Waals surface area contributed by atoms with Gasteiger partial charge in [-0.05, 0) is 51.2 Å². The molecule has 0 radical (unpaired) electrons. The van der Waals surface area contributed by atoms with Gasteiger partial charge in [-0.15, -0.1) is 0 Å². The molecule has 0 bridgehead atoms. The summed E-state index contributed by atoms with van der Waals surface area (Å²) in [5.41, 5.74) is 3.60. The van der Waals surface area contributed by atoms with Gasteiger partial charge in [0.25, 0.3) is 0 Å². The average Bonchev–Trinajstić information content (AvgIpc) is 2.33. The third-order valence-electron chi connectivity index (χ3n) is 4.55.